The normalized spacial score (nSPS) is 13.0. The van der Waals surface area contributed by atoms with Crippen molar-refractivity contribution in [1.82, 2.24) is 14.1 Å². The Bertz CT molecular complexity index is 4970. The van der Waals surface area contributed by atoms with Crippen LogP contribution in [0.3, 0.4) is 0 Å². The van der Waals surface area contributed by atoms with Crippen LogP contribution in [0.4, 0.5) is 0 Å². The van der Waals surface area contributed by atoms with Gasteiger partial charge in [-0.2, -0.15) is 18.2 Å². The number of hydrogen-bond donors (Lipinski definition) is 0. The number of fused-ring (bicyclic) bond motifs is 20. The van der Waals surface area contributed by atoms with Gasteiger partial charge in [-0.25, -0.2) is 4.98 Å². The standard InChI is InChI=1S/C77H50N4O.Pt/c1-76(2,3)50-40-41-78-74(44-50)81-70-32-15-11-27-62(70)64-39-36-53(46-73(64)81)82-52-19-16-18-51(45-52)79-47-80-72-43-49(35-38-63(72)56-22-6-4-20-54(56)55-21-5-7-23-57(55)65-28-17-33-71(79)75(65)80)48-34-37-61-60-26-10-14-31-68(60)77(69(61)42-48)66-29-12-8-24-58(66)59-25-9-13-30-67(59)77;/h4-44H,1-3H3;/q-2;. The van der Waals surface area contributed by atoms with Crippen LogP contribution in [0, 0.1) is 18.5 Å². The summed E-state index contributed by atoms with van der Waals surface area (Å²) in [4.78, 5) is 4.91. The topological polar surface area (TPSA) is 35.9 Å². The summed E-state index contributed by atoms with van der Waals surface area (Å²) in [6.07, 6.45) is 5.86. The van der Waals surface area contributed by atoms with Gasteiger partial charge >= 0.3 is 0 Å². The fourth-order valence-corrected chi connectivity index (χ4v) is 14.0. The van der Waals surface area contributed by atoms with Crippen molar-refractivity contribution in [1.29, 1.82) is 0 Å². The third kappa shape index (κ3) is 7.17. The van der Waals surface area contributed by atoms with E-state index in [9.17, 15) is 0 Å². The molecule has 17 rings (SSSR count). The molecule has 0 saturated carbocycles. The second-order valence-electron chi connectivity index (χ2n) is 23.0. The largest absolute Gasteiger partial charge is 0.510 e. The first-order valence-electron chi connectivity index (χ1n) is 28.2. The summed E-state index contributed by atoms with van der Waals surface area (Å²) in [6.45, 7) is 6.70. The molecule has 14 aromatic rings. The molecule has 3 aliphatic rings. The molecule has 0 radical (unpaired) electrons. The van der Waals surface area contributed by atoms with E-state index in [-0.39, 0.29) is 26.5 Å². The van der Waals surface area contributed by atoms with Gasteiger partial charge in [0.05, 0.1) is 22.1 Å². The van der Waals surface area contributed by atoms with Gasteiger partial charge in [0.1, 0.15) is 5.82 Å². The predicted octanol–water partition coefficient (Wildman–Crippen LogP) is 18.2. The van der Waals surface area contributed by atoms with Gasteiger partial charge in [-0.15, -0.1) is 29.7 Å². The first-order valence-corrected chi connectivity index (χ1v) is 28.2. The number of benzene rings is 11. The molecule has 4 heterocycles. The Morgan fingerprint density at radius 1 is 0.446 bits per heavy atom. The van der Waals surface area contributed by atoms with E-state index in [1.54, 1.807) is 0 Å². The minimum atomic E-state index is -0.456. The summed E-state index contributed by atoms with van der Waals surface area (Å²) < 4.78 is 13.4. The average molecular weight is 1240 g/mol. The van der Waals surface area contributed by atoms with E-state index >= 15 is 0 Å². The third-order valence-corrected chi connectivity index (χ3v) is 17.6. The molecule has 5 nitrogen and oxygen atoms in total. The zero-order valence-electron chi connectivity index (χ0n) is 45.7. The molecule has 1 spiro atoms. The molecule has 0 bridgehead atoms. The summed E-state index contributed by atoms with van der Waals surface area (Å²) in [5, 5.41) is 2.21. The van der Waals surface area contributed by atoms with Gasteiger partial charge in [-0.05, 0) is 141 Å². The van der Waals surface area contributed by atoms with E-state index in [1.807, 2.05) is 24.4 Å². The van der Waals surface area contributed by atoms with E-state index in [2.05, 4.69) is 277 Å². The van der Waals surface area contributed by atoms with Crippen LogP contribution in [0.1, 0.15) is 48.6 Å². The maximum absolute atomic E-state index is 6.80. The fourth-order valence-electron chi connectivity index (χ4n) is 14.0. The number of para-hydroxylation sites is 2. The summed E-state index contributed by atoms with van der Waals surface area (Å²) in [5.74, 6) is 1.99. The molecule has 0 amide bonds. The Hall–Kier alpha value is -9.67. The summed E-state index contributed by atoms with van der Waals surface area (Å²) in [5.41, 5.74) is 26.1. The van der Waals surface area contributed by atoms with Crippen LogP contribution in [0.5, 0.6) is 11.5 Å². The van der Waals surface area contributed by atoms with Gasteiger partial charge in [0.25, 0.3) is 6.33 Å². The van der Waals surface area contributed by atoms with E-state index < -0.39 is 5.41 Å². The zero-order valence-corrected chi connectivity index (χ0v) is 48.0. The molecule has 3 aromatic heterocycles. The van der Waals surface area contributed by atoms with Crippen LogP contribution in [0.2, 0.25) is 0 Å². The Kier molecular flexibility index (Phi) is 10.9. The van der Waals surface area contributed by atoms with Crippen LogP contribution in [-0.4, -0.2) is 14.1 Å². The molecule has 2 aliphatic carbocycles. The molecule has 1 aliphatic heterocycles. The Morgan fingerprint density at radius 3 is 1.67 bits per heavy atom. The Balaban J connectivity index is 0.00000565. The van der Waals surface area contributed by atoms with E-state index in [1.165, 1.54) is 61.2 Å². The van der Waals surface area contributed by atoms with Gasteiger partial charge in [0.15, 0.2) is 0 Å². The van der Waals surface area contributed by atoms with Crippen molar-refractivity contribution in [2.24, 2.45) is 0 Å². The van der Waals surface area contributed by atoms with E-state index in [0.29, 0.717) is 11.5 Å². The van der Waals surface area contributed by atoms with Crippen molar-refractivity contribution in [2.75, 3.05) is 0 Å². The second-order valence-corrected chi connectivity index (χ2v) is 23.0. The van der Waals surface area contributed by atoms with Crippen molar-refractivity contribution in [2.45, 2.75) is 31.6 Å². The van der Waals surface area contributed by atoms with Crippen molar-refractivity contribution >= 4 is 32.8 Å². The molecular weight excluding hydrogens is 1190 g/mol. The molecule has 0 N–H and O–H groups in total. The molecule has 396 valence electrons. The first-order chi connectivity index (χ1) is 40.3. The van der Waals surface area contributed by atoms with Crippen LogP contribution >= 0.6 is 0 Å². The van der Waals surface area contributed by atoms with E-state index in [4.69, 9.17) is 9.72 Å². The van der Waals surface area contributed by atoms with Gasteiger partial charge in [-0.3, -0.25) is 4.57 Å². The summed E-state index contributed by atoms with van der Waals surface area (Å²) in [7, 11) is 0. The monoisotopic (exact) mass is 1240 g/mol. The molecular formula is C77H50N4OPt-2. The van der Waals surface area contributed by atoms with Gasteiger partial charge < -0.3 is 13.9 Å². The number of imidazole rings is 1. The predicted molar refractivity (Wildman–Crippen MR) is 330 cm³/mol. The number of rotatable bonds is 5. The van der Waals surface area contributed by atoms with Crippen LogP contribution in [-0.2, 0) is 31.9 Å². The fraction of sp³-hybridized carbons (Fsp3) is 0.0649. The maximum atomic E-state index is 6.80. The number of hydrogen-bond acceptors (Lipinski definition) is 2. The van der Waals surface area contributed by atoms with Crippen molar-refractivity contribution in [3.8, 4) is 95.5 Å². The SMILES string of the molecule is CC(C)(C)c1ccnc(-n2c3[c-]c(Oc4[c-]c(-n5[c-][n+]6c7c(cccc75)-c5ccccc5-c5ccccc5-c5ccc(-c7ccc8c(c7)C7(c9ccccc9-c9ccccc97)c7ccccc7-8)cc5-6)ccc4)ccc3c3ccccc32)c1.[Pt]. The zero-order chi connectivity index (χ0) is 54.4. The number of nitrogens with zero attached hydrogens (tertiary/aromatic N) is 4. The molecule has 0 saturated heterocycles. The molecule has 11 aromatic carbocycles. The van der Waals surface area contributed by atoms with Crippen molar-refractivity contribution < 1.29 is 30.4 Å². The maximum Gasteiger partial charge on any atom is 0.268 e. The van der Waals surface area contributed by atoms with Gasteiger partial charge in [0, 0.05) is 44.3 Å². The summed E-state index contributed by atoms with van der Waals surface area (Å²) >= 11 is 0. The molecule has 0 atom stereocenters. The minimum absolute atomic E-state index is 0. The molecule has 83 heavy (non-hydrogen) atoms. The average Bonchev–Trinajstić information content (AvgIpc) is 1.67. The van der Waals surface area contributed by atoms with Crippen molar-refractivity contribution in [3.05, 3.63) is 295 Å². The van der Waals surface area contributed by atoms with Gasteiger partial charge in [-0.1, -0.05) is 208 Å². The number of aromatic nitrogens is 4. The van der Waals surface area contributed by atoms with Crippen LogP contribution < -0.4 is 9.30 Å². The quantitative estimate of drug-likeness (QED) is 0.127. The summed E-state index contributed by atoms with van der Waals surface area (Å²) in [6, 6.07) is 95.9. The second kappa shape index (κ2) is 18.4. The third-order valence-electron chi connectivity index (χ3n) is 17.6. The molecule has 0 fully saturated rings. The Morgan fingerprint density at radius 2 is 0.988 bits per heavy atom. The smallest absolute Gasteiger partial charge is 0.268 e. The molecule has 6 heteroatoms. The first kappa shape index (κ1) is 49.2. The van der Waals surface area contributed by atoms with Crippen LogP contribution in [0.25, 0.3) is 117 Å². The number of pyridine rings is 1. The Labute approximate surface area is 496 Å². The minimum Gasteiger partial charge on any atom is -0.510 e. The van der Waals surface area contributed by atoms with E-state index in [0.717, 1.165) is 83.4 Å². The van der Waals surface area contributed by atoms with Gasteiger partial charge in [0.2, 0.25) is 0 Å². The number of ether oxygens (including phenoxy) is 1. The van der Waals surface area contributed by atoms with Crippen LogP contribution in [0.15, 0.2) is 249 Å². The molecule has 0 unspecified atom stereocenters. The van der Waals surface area contributed by atoms with Crippen molar-refractivity contribution in [3.63, 3.8) is 0 Å².